The molecule has 1 heterocycles. The zero-order valence-electron chi connectivity index (χ0n) is 7.58. The Kier molecular flexibility index (Phi) is 3.14. The minimum atomic E-state index is -4.13. The molecule has 0 aliphatic heterocycles. The lowest BCUT2D eigenvalue weighted by molar-refractivity contribution is -0.139. The first-order chi connectivity index (χ1) is 6.86. The van der Waals surface area contributed by atoms with Crippen LogP contribution in [0, 0.1) is 0 Å². The minimum absolute atomic E-state index is 0.0992. The van der Waals surface area contributed by atoms with Gasteiger partial charge in [-0.2, -0.15) is 0 Å². The van der Waals surface area contributed by atoms with E-state index in [9.17, 15) is 13.2 Å². The molecule has 0 spiro atoms. The Morgan fingerprint density at radius 1 is 1.60 bits per heavy atom. The molecule has 6 nitrogen and oxygen atoms in total. The summed E-state index contributed by atoms with van der Waals surface area (Å²) in [6, 6.07) is 2.79. The highest BCUT2D eigenvalue weighted by atomic mass is 32.2. The number of aliphatic carboxylic acids is 1. The Balaban J connectivity index is 3.33. The van der Waals surface area contributed by atoms with Crippen molar-refractivity contribution in [3.8, 4) is 0 Å². The Hall–Kier alpha value is -0.960. The molecule has 0 aromatic carbocycles. The van der Waals surface area contributed by atoms with Gasteiger partial charge >= 0.3 is 5.97 Å². The number of carbonyl (C=O) groups is 1. The van der Waals surface area contributed by atoms with Crippen molar-refractivity contribution in [2.45, 2.75) is 9.08 Å². The fourth-order valence-electron chi connectivity index (χ4n) is 0.908. The summed E-state index contributed by atoms with van der Waals surface area (Å²) in [5.41, 5.74) is 10.4. The molecule has 1 rings (SSSR count). The molecule has 0 amide bonds. The number of rotatable bonds is 4. The van der Waals surface area contributed by atoms with Crippen LogP contribution in [0.4, 0.5) is 0 Å². The van der Waals surface area contributed by atoms with Crippen molar-refractivity contribution in [3.05, 3.63) is 17.5 Å². The summed E-state index contributed by atoms with van der Waals surface area (Å²) in [4.78, 5) is 8.35. The summed E-state index contributed by atoms with van der Waals surface area (Å²) in [5.74, 6) is -1.65. The summed E-state index contributed by atoms with van der Waals surface area (Å²) >= 11 is 0.903. The Labute approximate surface area is 90.4 Å². The minimum Gasteiger partial charge on any atom is -0.479 e. The van der Waals surface area contributed by atoms with Crippen LogP contribution in [0.25, 0.3) is 0 Å². The fraction of sp³-hybridized carbons (Fsp3) is 0.286. The van der Waals surface area contributed by atoms with Crippen LogP contribution in [0.2, 0.25) is 0 Å². The van der Waals surface area contributed by atoms with Crippen LogP contribution in [0.1, 0.15) is 0 Å². The third-order valence-corrected chi connectivity index (χ3v) is 5.48. The number of hydrogen-bond donors (Lipinski definition) is 3. The summed E-state index contributed by atoms with van der Waals surface area (Å²) in [7, 11) is -4.13. The molecule has 84 valence electrons. The number of hydrogen-bond acceptors (Lipinski definition) is 6. The molecule has 15 heavy (non-hydrogen) atoms. The number of carboxylic acids is 1. The highest BCUT2D eigenvalue weighted by Gasteiger charge is 2.48. The predicted molar refractivity (Wildman–Crippen MR) is 55.1 cm³/mol. The van der Waals surface area contributed by atoms with Gasteiger partial charge in [0.2, 0.25) is 14.7 Å². The van der Waals surface area contributed by atoms with Crippen molar-refractivity contribution in [1.82, 2.24) is 0 Å². The second kappa shape index (κ2) is 3.89. The van der Waals surface area contributed by atoms with Crippen LogP contribution in [0.5, 0.6) is 0 Å². The van der Waals surface area contributed by atoms with E-state index < -0.39 is 27.2 Å². The Morgan fingerprint density at radius 3 is 2.53 bits per heavy atom. The second-order valence-electron chi connectivity index (χ2n) is 2.83. The van der Waals surface area contributed by atoms with Crippen LogP contribution in [0.3, 0.4) is 0 Å². The van der Waals surface area contributed by atoms with Gasteiger partial charge in [-0.3, -0.25) is 0 Å². The first-order valence-electron chi connectivity index (χ1n) is 3.86. The topological polar surface area (TPSA) is 123 Å². The molecule has 1 unspecified atom stereocenters. The maximum absolute atomic E-state index is 11.8. The summed E-state index contributed by atoms with van der Waals surface area (Å²) in [6.45, 7) is -0.678. The van der Waals surface area contributed by atoms with E-state index in [4.69, 9.17) is 16.6 Å². The van der Waals surface area contributed by atoms with E-state index >= 15 is 0 Å². The van der Waals surface area contributed by atoms with Crippen LogP contribution >= 0.6 is 11.3 Å². The summed E-state index contributed by atoms with van der Waals surface area (Å²) in [6.07, 6.45) is 0. The molecule has 0 aliphatic rings. The Morgan fingerprint density at radius 2 is 2.20 bits per heavy atom. The van der Waals surface area contributed by atoms with E-state index in [0.717, 1.165) is 11.3 Å². The molecule has 5 N–H and O–H groups in total. The zero-order valence-corrected chi connectivity index (χ0v) is 9.22. The number of carboxylic acid groups (broad SMARTS) is 1. The smallest absolute Gasteiger partial charge is 0.341 e. The molecular formula is C7H10N2O4S2. The lowest BCUT2D eigenvalue weighted by atomic mass is 10.3. The molecule has 1 aromatic heterocycles. The van der Waals surface area contributed by atoms with Crippen LogP contribution in [0.15, 0.2) is 21.7 Å². The molecule has 0 radical (unpaired) electrons. The van der Waals surface area contributed by atoms with Gasteiger partial charge in [0.05, 0.1) is 0 Å². The lowest BCUT2D eigenvalue weighted by Crippen LogP contribution is -2.59. The molecular weight excluding hydrogens is 240 g/mol. The fourth-order valence-corrected chi connectivity index (χ4v) is 3.54. The maximum Gasteiger partial charge on any atom is 0.341 e. The highest BCUT2D eigenvalue weighted by molar-refractivity contribution is 7.95. The van der Waals surface area contributed by atoms with Crippen molar-refractivity contribution in [2.75, 3.05) is 6.54 Å². The van der Waals surface area contributed by atoms with Gasteiger partial charge in [-0.1, -0.05) is 6.07 Å². The number of sulfone groups is 1. The zero-order chi connectivity index (χ0) is 11.7. The van der Waals surface area contributed by atoms with Gasteiger partial charge in [-0.05, 0) is 11.4 Å². The average Bonchev–Trinajstić information content (AvgIpc) is 2.68. The van der Waals surface area contributed by atoms with Gasteiger partial charge in [0.15, 0.2) is 0 Å². The van der Waals surface area contributed by atoms with E-state index in [2.05, 4.69) is 0 Å². The normalized spacial score (nSPS) is 15.9. The van der Waals surface area contributed by atoms with Crippen LogP contribution in [-0.4, -0.2) is 30.9 Å². The van der Waals surface area contributed by atoms with E-state index in [0.29, 0.717) is 0 Å². The first kappa shape index (κ1) is 12.1. The quantitative estimate of drug-likeness (QED) is 0.644. The van der Waals surface area contributed by atoms with Crippen molar-refractivity contribution in [3.63, 3.8) is 0 Å². The van der Waals surface area contributed by atoms with Gasteiger partial charge < -0.3 is 16.6 Å². The third-order valence-electron chi connectivity index (χ3n) is 1.90. The summed E-state index contributed by atoms with van der Waals surface area (Å²) < 4.78 is 23.5. The molecule has 1 atom stereocenters. The average molecular weight is 250 g/mol. The van der Waals surface area contributed by atoms with Gasteiger partial charge in [0, 0.05) is 6.54 Å². The number of thiophene rings is 1. The van der Waals surface area contributed by atoms with E-state index in [-0.39, 0.29) is 4.21 Å². The van der Waals surface area contributed by atoms with Crippen LogP contribution < -0.4 is 11.5 Å². The monoisotopic (exact) mass is 250 g/mol. The standard InChI is InChI=1S/C7H10N2O4S2/c8-4-7(9,6(10)11)15(12,13)5-2-1-3-14-5/h1-3H,4,8-9H2,(H,10,11). The second-order valence-corrected chi connectivity index (χ2v) is 6.22. The molecule has 0 saturated heterocycles. The molecule has 0 fully saturated rings. The summed E-state index contributed by atoms with van der Waals surface area (Å²) in [5, 5.41) is 10.3. The Bertz CT molecular complexity index is 453. The third kappa shape index (κ3) is 1.76. The van der Waals surface area contributed by atoms with Crippen molar-refractivity contribution in [2.24, 2.45) is 11.5 Å². The van der Waals surface area contributed by atoms with Gasteiger partial charge in [0.1, 0.15) is 4.21 Å². The van der Waals surface area contributed by atoms with Crippen LogP contribution in [-0.2, 0) is 14.6 Å². The molecule has 1 aromatic rings. The lowest BCUT2D eigenvalue weighted by Gasteiger charge is -2.21. The van der Waals surface area contributed by atoms with Crippen molar-refractivity contribution < 1.29 is 18.3 Å². The van der Waals surface area contributed by atoms with Gasteiger partial charge in [-0.25, -0.2) is 13.2 Å². The van der Waals surface area contributed by atoms with Crippen molar-refractivity contribution in [1.29, 1.82) is 0 Å². The van der Waals surface area contributed by atoms with Gasteiger partial charge in [-0.15, -0.1) is 11.3 Å². The largest absolute Gasteiger partial charge is 0.479 e. The predicted octanol–water partition coefficient (Wildman–Crippen LogP) is -0.780. The maximum atomic E-state index is 11.8. The molecule has 0 aliphatic carbocycles. The molecule has 8 heteroatoms. The van der Waals surface area contributed by atoms with E-state index in [1.807, 2.05) is 0 Å². The highest BCUT2D eigenvalue weighted by Crippen LogP contribution is 2.25. The van der Waals surface area contributed by atoms with Gasteiger partial charge in [0.25, 0.3) is 0 Å². The van der Waals surface area contributed by atoms with E-state index in [1.165, 1.54) is 17.5 Å². The SMILES string of the molecule is NCC(N)(C(=O)O)S(=O)(=O)c1cccs1. The molecule has 0 bridgehead atoms. The van der Waals surface area contributed by atoms with E-state index in [1.54, 1.807) is 0 Å². The van der Waals surface area contributed by atoms with Crippen molar-refractivity contribution >= 4 is 27.1 Å². The molecule has 0 saturated carbocycles. The number of nitrogens with two attached hydrogens (primary N) is 2. The first-order valence-corrected chi connectivity index (χ1v) is 6.23.